The predicted molar refractivity (Wildman–Crippen MR) is 88.7 cm³/mol. The van der Waals surface area contributed by atoms with E-state index in [1.807, 2.05) is 32.6 Å². The number of amides is 2. The number of aromatic nitrogens is 1. The Labute approximate surface area is 142 Å². The van der Waals surface area contributed by atoms with Crippen LogP contribution in [0.2, 0.25) is 0 Å². The Morgan fingerprint density at radius 1 is 1.42 bits per heavy atom. The van der Waals surface area contributed by atoms with Crippen molar-refractivity contribution in [1.82, 2.24) is 15.0 Å². The molecule has 8 nitrogen and oxygen atoms in total. The molecule has 0 unspecified atom stereocenters. The van der Waals surface area contributed by atoms with Gasteiger partial charge in [-0.05, 0) is 34.6 Å². The molecule has 1 N–H and O–H groups in total. The Bertz CT molecular complexity index is 593. The number of nitrogens with one attached hydrogen (secondary N) is 1. The van der Waals surface area contributed by atoms with E-state index < -0.39 is 5.60 Å². The zero-order valence-electron chi connectivity index (χ0n) is 15.0. The largest absolute Gasteiger partial charge is 0.444 e. The van der Waals surface area contributed by atoms with E-state index in [2.05, 4.69) is 10.5 Å². The number of carbonyl (C=O) groups is 2. The summed E-state index contributed by atoms with van der Waals surface area (Å²) in [6, 6.07) is 1.73. The Balaban J connectivity index is 1.82. The number of anilines is 1. The van der Waals surface area contributed by atoms with Crippen LogP contribution in [0.5, 0.6) is 0 Å². The number of carbonyl (C=O) groups excluding carboxylic acids is 2. The third-order valence-electron chi connectivity index (χ3n) is 3.66. The molecule has 2 heterocycles. The monoisotopic (exact) mass is 338 g/mol. The number of piperazine rings is 1. The molecule has 2 rings (SSSR count). The van der Waals surface area contributed by atoms with Gasteiger partial charge >= 0.3 is 6.09 Å². The standard InChI is InChI=1S/C16H26N4O4/c1-11-9-20(15(22)23-16(3,4)5)7-6-19(11)10-14(21)17-13-8-12(2)24-18-13/h8,11H,6-7,9-10H2,1-5H3,(H,17,18,21)/t11-/m0/s1. The summed E-state index contributed by atoms with van der Waals surface area (Å²) in [6.45, 7) is 11.2. The van der Waals surface area contributed by atoms with Crippen LogP contribution >= 0.6 is 0 Å². The molecule has 1 aromatic rings. The smallest absolute Gasteiger partial charge is 0.410 e. The van der Waals surface area contributed by atoms with E-state index in [0.717, 1.165) is 0 Å². The van der Waals surface area contributed by atoms with Crippen LogP contribution in [0.4, 0.5) is 10.6 Å². The molecule has 0 saturated carbocycles. The average molecular weight is 338 g/mol. The SMILES string of the molecule is Cc1cc(NC(=O)CN2CCN(C(=O)OC(C)(C)C)C[C@@H]2C)no1. The van der Waals surface area contributed by atoms with Gasteiger partial charge in [0, 0.05) is 31.7 Å². The van der Waals surface area contributed by atoms with Gasteiger partial charge in [-0.15, -0.1) is 0 Å². The van der Waals surface area contributed by atoms with Gasteiger partial charge < -0.3 is 19.5 Å². The molecular weight excluding hydrogens is 312 g/mol. The van der Waals surface area contributed by atoms with E-state index >= 15 is 0 Å². The molecule has 1 saturated heterocycles. The molecular formula is C16H26N4O4. The van der Waals surface area contributed by atoms with Crippen LogP contribution in [0.3, 0.4) is 0 Å². The molecule has 1 fully saturated rings. The molecule has 8 heteroatoms. The number of nitrogens with zero attached hydrogens (tertiary/aromatic N) is 3. The number of hydrogen-bond acceptors (Lipinski definition) is 6. The summed E-state index contributed by atoms with van der Waals surface area (Å²) in [5.74, 6) is 0.906. The Hall–Kier alpha value is -2.09. The first-order chi connectivity index (χ1) is 11.1. The fraction of sp³-hybridized carbons (Fsp3) is 0.688. The number of aryl methyl sites for hydroxylation is 1. The summed E-state index contributed by atoms with van der Waals surface area (Å²) in [5, 5.41) is 6.45. The molecule has 1 aromatic heterocycles. The molecule has 0 spiro atoms. The maximum Gasteiger partial charge on any atom is 0.410 e. The highest BCUT2D eigenvalue weighted by Crippen LogP contribution is 2.15. The van der Waals surface area contributed by atoms with Crippen LogP contribution in [0.15, 0.2) is 10.6 Å². The van der Waals surface area contributed by atoms with Crippen molar-refractivity contribution in [3.05, 3.63) is 11.8 Å². The lowest BCUT2D eigenvalue weighted by Gasteiger charge is -2.39. The maximum atomic E-state index is 12.1. The summed E-state index contributed by atoms with van der Waals surface area (Å²) in [4.78, 5) is 27.9. The molecule has 0 aliphatic carbocycles. The summed E-state index contributed by atoms with van der Waals surface area (Å²) in [7, 11) is 0. The molecule has 134 valence electrons. The minimum absolute atomic E-state index is 0.0658. The van der Waals surface area contributed by atoms with E-state index in [-0.39, 0.29) is 24.6 Å². The van der Waals surface area contributed by atoms with Gasteiger partial charge in [0.05, 0.1) is 6.54 Å². The van der Waals surface area contributed by atoms with Crippen LogP contribution in [-0.4, -0.2) is 64.8 Å². The number of ether oxygens (including phenoxy) is 1. The van der Waals surface area contributed by atoms with Crippen molar-refractivity contribution in [3.8, 4) is 0 Å². The van der Waals surface area contributed by atoms with Crippen LogP contribution in [0.25, 0.3) is 0 Å². The second kappa shape index (κ2) is 7.21. The van der Waals surface area contributed by atoms with Gasteiger partial charge in [0.15, 0.2) is 5.82 Å². The highest BCUT2D eigenvalue weighted by atomic mass is 16.6. The zero-order valence-corrected chi connectivity index (χ0v) is 15.0. The minimum Gasteiger partial charge on any atom is -0.444 e. The van der Waals surface area contributed by atoms with Crippen molar-refractivity contribution in [3.63, 3.8) is 0 Å². The fourth-order valence-electron chi connectivity index (χ4n) is 2.51. The lowest BCUT2D eigenvalue weighted by Crippen LogP contribution is -2.55. The second-order valence-electron chi connectivity index (χ2n) is 7.12. The van der Waals surface area contributed by atoms with Crippen molar-refractivity contribution in [2.75, 3.05) is 31.5 Å². The lowest BCUT2D eigenvalue weighted by atomic mass is 10.2. The predicted octanol–water partition coefficient (Wildman–Crippen LogP) is 1.86. The summed E-state index contributed by atoms with van der Waals surface area (Å²) in [6.07, 6.45) is -0.309. The zero-order chi connectivity index (χ0) is 17.9. The molecule has 2 amide bonds. The Morgan fingerprint density at radius 3 is 2.67 bits per heavy atom. The molecule has 1 aliphatic rings. The minimum atomic E-state index is -0.507. The van der Waals surface area contributed by atoms with Crippen molar-refractivity contribution < 1.29 is 18.8 Å². The van der Waals surface area contributed by atoms with Gasteiger partial charge in [-0.2, -0.15) is 0 Å². The van der Waals surface area contributed by atoms with E-state index in [1.54, 1.807) is 17.9 Å². The molecule has 0 aromatic carbocycles. The number of hydrogen-bond donors (Lipinski definition) is 1. The van der Waals surface area contributed by atoms with E-state index in [9.17, 15) is 9.59 Å². The van der Waals surface area contributed by atoms with Crippen molar-refractivity contribution in [2.45, 2.75) is 46.3 Å². The quantitative estimate of drug-likeness (QED) is 0.905. The second-order valence-corrected chi connectivity index (χ2v) is 7.12. The van der Waals surface area contributed by atoms with Crippen LogP contribution < -0.4 is 5.32 Å². The molecule has 0 radical (unpaired) electrons. The van der Waals surface area contributed by atoms with Gasteiger partial charge in [-0.25, -0.2) is 4.79 Å². The first-order valence-electron chi connectivity index (χ1n) is 8.09. The van der Waals surface area contributed by atoms with Gasteiger partial charge in [0.1, 0.15) is 11.4 Å². The van der Waals surface area contributed by atoms with Crippen molar-refractivity contribution >= 4 is 17.8 Å². The topological polar surface area (TPSA) is 87.9 Å². The highest BCUT2D eigenvalue weighted by Gasteiger charge is 2.30. The van der Waals surface area contributed by atoms with Crippen LogP contribution in [-0.2, 0) is 9.53 Å². The van der Waals surface area contributed by atoms with Gasteiger partial charge in [0.25, 0.3) is 0 Å². The summed E-state index contributed by atoms with van der Waals surface area (Å²) in [5.41, 5.74) is -0.507. The van der Waals surface area contributed by atoms with Crippen LogP contribution in [0, 0.1) is 6.92 Å². The van der Waals surface area contributed by atoms with Crippen molar-refractivity contribution in [2.24, 2.45) is 0 Å². The van der Waals surface area contributed by atoms with E-state index in [0.29, 0.717) is 31.2 Å². The molecule has 0 bridgehead atoms. The summed E-state index contributed by atoms with van der Waals surface area (Å²) < 4.78 is 10.3. The van der Waals surface area contributed by atoms with Gasteiger partial charge in [0.2, 0.25) is 5.91 Å². The van der Waals surface area contributed by atoms with E-state index in [4.69, 9.17) is 9.26 Å². The van der Waals surface area contributed by atoms with Gasteiger partial charge in [-0.1, -0.05) is 5.16 Å². The first kappa shape index (κ1) is 18.3. The third kappa shape index (κ3) is 5.23. The Kier molecular flexibility index (Phi) is 5.48. The average Bonchev–Trinajstić information content (AvgIpc) is 2.84. The molecule has 24 heavy (non-hydrogen) atoms. The fourth-order valence-corrected chi connectivity index (χ4v) is 2.51. The molecule has 1 atom stereocenters. The van der Waals surface area contributed by atoms with E-state index in [1.165, 1.54) is 0 Å². The first-order valence-corrected chi connectivity index (χ1v) is 8.09. The van der Waals surface area contributed by atoms with Crippen molar-refractivity contribution in [1.29, 1.82) is 0 Å². The maximum absolute atomic E-state index is 12.1. The van der Waals surface area contributed by atoms with Gasteiger partial charge in [-0.3, -0.25) is 9.69 Å². The Morgan fingerprint density at radius 2 is 2.12 bits per heavy atom. The normalized spacial score (nSPS) is 19.2. The molecule has 1 aliphatic heterocycles. The van der Waals surface area contributed by atoms with Crippen LogP contribution in [0.1, 0.15) is 33.5 Å². The number of rotatable bonds is 3. The summed E-state index contributed by atoms with van der Waals surface area (Å²) >= 11 is 0. The third-order valence-corrected chi connectivity index (χ3v) is 3.66. The highest BCUT2D eigenvalue weighted by molar-refractivity contribution is 5.91. The lowest BCUT2D eigenvalue weighted by molar-refractivity contribution is -0.118.